The Morgan fingerprint density at radius 2 is 1.95 bits per heavy atom. The van der Waals surface area contributed by atoms with E-state index in [1.165, 1.54) is 0 Å². The first kappa shape index (κ1) is 15.1. The average molecular weight is 299 g/mol. The third-order valence-electron chi connectivity index (χ3n) is 3.53. The fourth-order valence-corrected chi connectivity index (χ4v) is 2.47. The molecule has 2 atom stereocenters. The molecule has 20 heavy (non-hydrogen) atoms. The van der Waals surface area contributed by atoms with Gasteiger partial charge in [-0.2, -0.15) is 26.9 Å². The van der Waals surface area contributed by atoms with Gasteiger partial charge in [0.15, 0.2) is 5.82 Å². The smallest absolute Gasteiger partial charge is 0.332 e. The van der Waals surface area contributed by atoms with Gasteiger partial charge in [-0.25, -0.2) is 0 Å². The lowest BCUT2D eigenvalue weighted by atomic mass is 9.76. The lowest BCUT2D eigenvalue weighted by Crippen LogP contribution is -2.42. The van der Waals surface area contributed by atoms with Gasteiger partial charge in [-0.3, -0.25) is 0 Å². The standard InChI is InChI=1S/C11H14F5N3O/c1-6-3-2-4-9(17,5-6)7-18-8(20-19-7)10(12,13)11(14,15)16/h6H,2-5,17H2,1H3. The molecule has 4 nitrogen and oxygen atoms in total. The highest BCUT2D eigenvalue weighted by atomic mass is 19.4. The quantitative estimate of drug-likeness (QED) is 0.852. The summed E-state index contributed by atoms with van der Waals surface area (Å²) in [5.41, 5.74) is 4.92. The SMILES string of the molecule is CC1CCCC(N)(c2noc(C(F)(F)C(F)(F)F)n2)C1. The van der Waals surface area contributed by atoms with Crippen molar-refractivity contribution in [1.82, 2.24) is 10.1 Å². The van der Waals surface area contributed by atoms with Crippen LogP contribution in [0.4, 0.5) is 22.0 Å². The fraction of sp³-hybridized carbons (Fsp3) is 0.818. The minimum absolute atomic E-state index is 0.221. The van der Waals surface area contributed by atoms with Crippen LogP contribution >= 0.6 is 0 Å². The van der Waals surface area contributed by atoms with E-state index in [0.717, 1.165) is 12.8 Å². The largest absolute Gasteiger partial charge is 0.463 e. The molecule has 1 fully saturated rings. The Bertz CT molecular complexity index is 487. The van der Waals surface area contributed by atoms with Gasteiger partial charge in [-0.05, 0) is 18.8 Å². The summed E-state index contributed by atoms with van der Waals surface area (Å²) in [5.74, 6) is -7.00. The van der Waals surface area contributed by atoms with Gasteiger partial charge in [0, 0.05) is 0 Å². The lowest BCUT2D eigenvalue weighted by Gasteiger charge is -2.33. The van der Waals surface area contributed by atoms with Crippen molar-refractivity contribution in [2.24, 2.45) is 11.7 Å². The molecule has 1 aromatic heterocycles. The molecule has 1 aliphatic rings. The highest BCUT2D eigenvalue weighted by molar-refractivity contribution is 5.08. The third kappa shape index (κ3) is 2.50. The lowest BCUT2D eigenvalue weighted by molar-refractivity contribution is -0.298. The normalized spacial score (nSPS) is 28.6. The van der Waals surface area contributed by atoms with E-state index in [1.54, 1.807) is 0 Å². The summed E-state index contributed by atoms with van der Waals surface area (Å²) in [5, 5.41) is 3.23. The first-order valence-corrected chi connectivity index (χ1v) is 6.14. The average Bonchev–Trinajstić information content (AvgIpc) is 2.77. The van der Waals surface area contributed by atoms with Gasteiger partial charge >= 0.3 is 18.0 Å². The second kappa shape index (κ2) is 4.64. The molecule has 2 unspecified atom stereocenters. The Balaban J connectivity index is 2.29. The van der Waals surface area contributed by atoms with Gasteiger partial charge in [0.2, 0.25) is 0 Å². The Kier molecular flexibility index (Phi) is 3.52. The topological polar surface area (TPSA) is 64.9 Å². The first-order chi connectivity index (χ1) is 9.06. The summed E-state index contributed by atoms with van der Waals surface area (Å²) in [6, 6.07) is 0. The van der Waals surface area contributed by atoms with Gasteiger partial charge in [0.25, 0.3) is 0 Å². The zero-order chi connectivity index (χ0) is 15.2. The summed E-state index contributed by atoms with van der Waals surface area (Å²) in [4.78, 5) is 3.21. The van der Waals surface area contributed by atoms with Crippen molar-refractivity contribution in [3.05, 3.63) is 11.7 Å². The second-order valence-electron chi connectivity index (χ2n) is 5.35. The summed E-state index contributed by atoms with van der Waals surface area (Å²) in [6.07, 6.45) is -3.28. The van der Waals surface area contributed by atoms with E-state index < -0.39 is 23.5 Å². The summed E-state index contributed by atoms with van der Waals surface area (Å²) in [6.45, 7) is 1.92. The highest BCUT2D eigenvalue weighted by Gasteiger charge is 2.63. The number of nitrogens with zero attached hydrogens (tertiary/aromatic N) is 2. The maximum Gasteiger partial charge on any atom is 0.463 e. The van der Waals surface area contributed by atoms with Crippen LogP contribution in [-0.4, -0.2) is 16.3 Å². The van der Waals surface area contributed by atoms with E-state index in [-0.39, 0.29) is 11.7 Å². The molecule has 9 heteroatoms. The molecular formula is C11H14F5N3O. The zero-order valence-electron chi connectivity index (χ0n) is 10.7. The van der Waals surface area contributed by atoms with Crippen molar-refractivity contribution in [1.29, 1.82) is 0 Å². The predicted molar refractivity (Wildman–Crippen MR) is 57.7 cm³/mol. The van der Waals surface area contributed by atoms with Gasteiger partial charge in [-0.15, -0.1) is 0 Å². The summed E-state index contributed by atoms with van der Waals surface area (Å²) >= 11 is 0. The van der Waals surface area contributed by atoms with Crippen LogP contribution in [0.25, 0.3) is 0 Å². The number of aromatic nitrogens is 2. The van der Waals surface area contributed by atoms with Crippen LogP contribution in [0.5, 0.6) is 0 Å². The van der Waals surface area contributed by atoms with E-state index in [4.69, 9.17) is 5.73 Å². The van der Waals surface area contributed by atoms with E-state index in [2.05, 4.69) is 14.7 Å². The molecule has 0 spiro atoms. The molecule has 1 aromatic rings. The maximum atomic E-state index is 13.1. The number of alkyl halides is 5. The number of rotatable bonds is 2. The molecule has 1 aliphatic carbocycles. The van der Waals surface area contributed by atoms with E-state index >= 15 is 0 Å². The van der Waals surface area contributed by atoms with Gasteiger partial charge in [-0.1, -0.05) is 24.9 Å². The van der Waals surface area contributed by atoms with Crippen LogP contribution < -0.4 is 5.73 Å². The molecule has 1 saturated carbocycles. The fourth-order valence-electron chi connectivity index (χ4n) is 2.47. The molecule has 1 heterocycles. The van der Waals surface area contributed by atoms with Gasteiger partial charge < -0.3 is 10.3 Å². The molecule has 0 saturated heterocycles. The molecule has 2 N–H and O–H groups in total. The Labute approximate surface area is 111 Å². The summed E-state index contributed by atoms with van der Waals surface area (Å²) < 4.78 is 66.9. The molecule has 0 amide bonds. The number of halogens is 5. The van der Waals surface area contributed by atoms with Crippen LogP contribution in [0, 0.1) is 5.92 Å². The first-order valence-electron chi connectivity index (χ1n) is 6.14. The third-order valence-corrected chi connectivity index (χ3v) is 3.53. The molecular weight excluding hydrogens is 285 g/mol. The van der Waals surface area contributed by atoms with E-state index in [9.17, 15) is 22.0 Å². The molecule has 114 valence electrons. The van der Waals surface area contributed by atoms with E-state index in [0.29, 0.717) is 12.8 Å². The highest BCUT2D eigenvalue weighted by Crippen LogP contribution is 2.44. The number of nitrogens with two attached hydrogens (primary N) is 1. The van der Waals surface area contributed by atoms with Crippen LogP contribution in [-0.2, 0) is 11.5 Å². The molecule has 0 bridgehead atoms. The minimum atomic E-state index is -5.78. The van der Waals surface area contributed by atoms with E-state index in [1.807, 2.05) is 6.92 Å². The monoisotopic (exact) mass is 299 g/mol. The van der Waals surface area contributed by atoms with Crippen LogP contribution in [0.1, 0.15) is 44.3 Å². The van der Waals surface area contributed by atoms with Crippen molar-refractivity contribution >= 4 is 0 Å². The predicted octanol–water partition coefficient (Wildman–Crippen LogP) is 3.09. The summed E-state index contributed by atoms with van der Waals surface area (Å²) in [7, 11) is 0. The molecule has 0 radical (unpaired) electrons. The van der Waals surface area contributed by atoms with Crippen LogP contribution in [0.3, 0.4) is 0 Å². The minimum Gasteiger partial charge on any atom is -0.332 e. The Hall–Kier alpha value is -1.25. The molecule has 0 aliphatic heterocycles. The van der Waals surface area contributed by atoms with Crippen molar-refractivity contribution in [2.75, 3.05) is 0 Å². The van der Waals surface area contributed by atoms with Crippen molar-refractivity contribution in [3.8, 4) is 0 Å². The Morgan fingerprint density at radius 3 is 2.50 bits per heavy atom. The zero-order valence-corrected chi connectivity index (χ0v) is 10.7. The van der Waals surface area contributed by atoms with Crippen LogP contribution in [0.2, 0.25) is 0 Å². The molecule has 2 rings (SSSR count). The van der Waals surface area contributed by atoms with Gasteiger partial charge in [0.05, 0.1) is 5.54 Å². The number of hydrogen-bond donors (Lipinski definition) is 1. The van der Waals surface area contributed by atoms with Crippen LogP contribution in [0.15, 0.2) is 4.52 Å². The van der Waals surface area contributed by atoms with Crippen molar-refractivity contribution in [2.45, 2.75) is 50.2 Å². The van der Waals surface area contributed by atoms with Crippen molar-refractivity contribution < 1.29 is 26.5 Å². The Morgan fingerprint density at radius 1 is 1.30 bits per heavy atom. The molecule has 0 aromatic carbocycles. The second-order valence-corrected chi connectivity index (χ2v) is 5.35. The number of hydrogen-bond acceptors (Lipinski definition) is 4. The van der Waals surface area contributed by atoms with Crippen molar-refractivity contribution in [3.63, 3.8) is 0 Å². The maximum absolute atomic E-state index is 13.1. The van der Waals surface area contributed by atoms with Gasteiger partial charge in [0.1, 0.15) is 0 Å².